The van der Waals surface area contributed by atoms with Gasteiger partial charge in [0.2, 0.25) is 0 Å². The molecule has 1 saturated carbocycles. The molecule has 0 radical (unpaired) electrons. The zero-order chi connectivity index (χ0) is 13.7. The van der Waals surface area contributed by atoms with Gasteiger partial charge in [-0.1, -0.05) is 37.5 Å². The first-order valence-electron chi connectivity index (χ1n) is 7.55. The second-order valence-corrected chi connectivity index (χ2v) is 5.82. The van der Waals surface area contributed by atoms with E-state index in [4.69, 9.17) is 4.74 Å². The van der Waals surface area contributed by atoms with Crippen molar-refractivity contribution in [3.63, 3.8) is 0 Å². The molecule has 1 aliphatic carbocycles. The summed E-state index contributed by atoms with van der Waals surface area (Å²) in [5.74, 6) is 1.48. The molecule has 0 heterocycles. The summed E-state index contributed by atoms with van der Waals surface area (Å²) >= 11 is 0. The molecular weight excluding hydrogens is 236 g/mol. The lowest BCUT2D eigenvalue weighted by Crippen LogP contribution is -2.24. The van der Waals surface area contributed by atoms with Gasteiger partial charge in [0.15, 0.2) is 0 Å². The molecule has 2 nitrogen and oxygen atoms in total. The van der Waals surface area contributed by atoms with E-state index in [0.29, 0.717) is 12.5 Å². The predicted octanol–water partition coefficient (Wildman–Crippen LogP) is 4.01. The molecule has 1 N–H and O–H groups in total. The van der Waals surface area contributed by atoms with Gasteiger partial charge in [0, 0.05) is 6.42 Å². The third-order valence-corrected chi connectivity index (χ3v) is 4.26. The average Bonchev–Trinajstić information content (AvgIpc) is 2.43. The van der Waals surface area contributed by atoms with Crippen LogP contribution in [0.2, 0.25) is 0 Å². The van der Waals surface area contributed by atoms with Crippen molar-refractivity contribution < 1.29 is 9.84 Å². The Hall–Kier alpha value is -1.02. The van der Waals surface area contributed by atoms with Gasteiger partial charge in [-0.25, -0.2) is 0 Å². The van der Waals surface area contributed by atoms with Gasteiger partial charge in [-0.05, 0) is 43.7 Å². The fourth-order valence-corrected chi connectivity index (χ4v) is 3.06. The number of aliphatic hydroxyl groups excluding tert-OH is 1. The zero-order valence-electron chi connectivity index (χ0n) is 12.2. The minimum Gasteiger partial charge on any atom is -0.493 e. The second-order valence-electron chi connectivity index (χ2n) is 5.82. The van der Waals surface area contributed by atoms with E-state index in [-0.39, 0.29) is 6.10 Å². The van der Waals surface area contributed by atoms with Crippen LogP contribution in [0.15, 0.2) is 18.2 Å². The van der Waals surface area contributed by atoms with Crippen molar-refractivity contribution in [1.29, 1.82) is 0 Å². The van der Waals surface area contributed by atoms with Crippen molar-refractivity contribution in [2.24, 2.45) is 5.92 Å². The highest BCUT2D eigenvalue weighted by atomic mass is 16.5. The number of hydrogen-bond donors (Lipinski definition) is 1. The lowest BCUT2D eigenvalue weighted by molar-refractivity contribution is 0.0639. The summed E-state index contributed by atoms with van der Waals surface area (Å²) in [7, 11) is 0. The van der Waals surface area contributed by atoms with E-state index in [9.17, 15) is 5.11 Å². The molecule has 1 aromatic rings. The molecule has 0 aliphatic heterocycles. The Morgan fingerprint density at radius 3 is 2.42 bits per heavy atom. The molecule has 1 atom stereocenters. The third-order valence-electron chi connectivity index (χ3n) is 4.26. The molecule has 19 heavy (non-hydrogen) atoms. The van der Waals surface area contributed by atoms with Crippen LogP contribution in [-0.2, 0) is 0 Å². The minimum absolute atomic E-state index is 0.190. The van der Waals surface area contributed by atoms with Gasteiger partial charge in [0.1, 0.15) is 5.75 Å². The first-order chi connectivity index (χ1) is 9.18. The van der Waals surface area contributed by atoms with Gasteiger partial charge < -0.3 is 9.84 Å². The number of benzene rings is 1. The number of ether oxygens (including phenoxy) is 1. The standard InChI is InChI=1S/C17H26O2/c1-13-7-6-8-14(2)17(13)19-12-11-16(18)15-9-4-3-5-10-15/h6-8,15-16,18H,3-5,9-12H2,1-2H3. The van der Waals surface area contributed by atoms with Crippen LogP contribution in [0.3, 0.4) is 0 Å². The van der Waals surface area contributed by atoms with Gasteiger partial charge in [-0.3, -0.25) is 0 Å². The highest BCUT2D eigenvalue weighted by molar-refractivity contribution is 5.39. The van der Waals surface area contributed by atoms with Gasteiger partial charge in [-0.15, -0.1) is 0 Å². The fourth-order valence-electron chi connectivity index (χ4n) is 3.06. The maximum Gasteiger partial charge on any atom is 0.125 e. The molecule has 106 valence electrons. The minimum atomic E-state index is -0.190. The van der Waals surface area contributed by atoms with E-state index >= 15 is 0 Å². The van der Waals surface area contributed by atoms with E-state index < -0.39 is 0 Å². The van der Waals surface area contributed by atoms with Crippen molar-refractivity contribution in [2.75, 3.05) is 6.61 Å². The third kappa shape index (κ3) is 3.97. The Kier molecular flexibility index (Phi) is 5.26. The van der Waals surface area contributed by atoms with Crippen molar-refractivity contribution in [1.82, 2.24) is 0 Å². The van der Waals surface area contributed by atoms with Crippen LogP contribution >= 0.6 is 0 Å². The maximum atomic E-state index is 10.2. The quantitative estimate of drug-likeness (QED) is 0.868. The predicted molar refractivity (Wildman–Crippen MR) is 78.6 cm³/mol. The summed E-state index contributed by atoms with van der Waals surface area (Å²) in [6, 6.07) is 6.19. The van der Waals surface area contributed by atoms with Crippen molar-refractivity contribution >= 4 is 0 Å². The lowest BCUT2D eigenvalue weighted by Gasteiger charge is -2.26. The molecule has 0 spiro atoms. The average molecular weight is 262 g/mol. The summed E-state index contributed by atoms with van der Waals surface area (Å²) in [5, 5.41) is 10.2. The first kappa shape index (κ1) is 14.4. The maximum absolute atomic E-state index is 10.2. The highest BCUT2D eigenvalue weighted by Crippen LogP contribution is 2.28. The molecule has 1 fully saturated rings. The Labute approximate surface area is 116 Å². The monoisotopic (exact) mass is 262 g/mol. The van der Waals surface area contributed by atoms with Crippen LogP contribution in [-0.4, -0.2) is 17.8 Å². The van der Waals surface area contributed by atoms with Crippen LogP contribution in [0.1, 0.15) is 49.7 Å². The van der Waals surface area contributed by atoms with Crippen LogP contribution in [0.4, 0.5) is 0 Å². The molecule has 0 bridgehead atoms. The summed E-state index contributed by atoms with van der Waals surface area (Å²) in [6.45, 7) is 4.75. The van der Waals surface area contributed by atoms with Crippen LogP contribution in [0.25, 0.3) is 0 Å². The normalized spacial score (nSPS) is 18.3. The van der Waals surface area contributed by atoms with Crippen LogP contribution < -0.4 is 4.74 Å². The van der Waals surface area contributed by atoms with Crippen LogP contribution in [0.5, 0.6) is 5.75 Å². The van der Waals surface area contributed by atoms with Gasteiger partial charge in [0.25, 0.3) is 0 Å². The van der Waals surface area contributed by atoms with Crippen LogP contribution in [0, 0.1) is 19.8 Å². The number of aliphatic hydroxyl groups is 1. The summed E-state index contributed by atoms with van der Waals surface area (Å²) < 4.78 is 5.87. The molecule has 0 amide bonds. The topological polar surface area (TPSA) is 29.5 Å². The fraction of sp³-hybridized carbons (Fsp3) is 0.647. The number of para-hydroxylation sites is 1. The number of hydrogen-bond acceptors (Lipinski definition) is 2. The Bertz CT molecular complexity index is 374. The van der Waals surface area contributed by atoms with E-state index in [1.165, 1.54) is 43.2 Å². The second kappa shape index (κ2) is 6.95. The van der Waals surface area contributed by atoms with E-state index in [1.807, 2.05) is 0 Å². The van der Waals surface area contributed by atoms with E-state index in [2.05, 4.69) is 32.0 Å². The zero-order valence-corrected chi connectivity index (χ0v) is 12.2. The van der Waals surface area contributed by atoms with Gasteiger partial charge >= 0.3 is 0 Å². The number of aryl methyl sites for hydroxylation is 2. The summed E-state index contributed by atoms with van der Waals surface area (Å²) in [5.41, 5.74) is 2.35. The molecule has 1 unspecified atom stereocenters. The largest absolute Gasteiger partial charge is 0.493 e. The summed E-state index contributed by atoms with van der Waals surface area (Å²) in [6.07, 6.45) is 6.82. The Morgan fingerprint density at radius 1 is 1.16 bits per heavy atom. The first-order valence-corrected chi connectivity index (χ1v) is 7.55. The van der Waals surface area contributed by atoms with Gasteiger partial charge in [-0.2, -0.15) is 0 Å². The lowest BCUT2D eigenvalue weighted by atomic mass is 9.84. The SMILES string of the molecule is Cc1cccc(C)c1OCCC(O)C1CCCCC1. The Balaban J connectivity index is 1.79. The summed E-state index contributed by atoms with van der Waals surface area (Å²) in [4.78, 5) is 0. The number of rotatable bonds is 5. The molecule has 1 aromatic carbocycles. The smallest absolute Gasteiger partial charge is 0.125 e. The highest BCUT2D eigenvalue weighted by Gasteiger charge is 2.21. The molecular formula is C17H26O2. The molecule has 0 saturated heterocycles. The van der Waals surface area contributed by atoms with Gasteiger partial charge in [0.05, 0.1) is 12.7 Å². The Morgan fingerprint density at radius 2 is 1.79 bits per heavy atom. The van der Waals surface area contributed by atoms with Crippen molar-refractivity contribution in [2.45, 2.75) is 58.5 Å². The van der Waals surface area contributed by atoms with E-state index in [0.717, 1.165) is 12.2 Å². The molecule has 2 heteroatoms. The molecule has 0 aromatic heterocycles. The van der Waals surface area contributed by atoms with Crippen molar-refractivity contribution in [3.05, 3.63) is 29.3 Å². The molecule has 2 rings (SSSR count). The molecule has 1 aliphatic rings. The van der Waals surface area contributed by atoms with E-state index in [1.54, 1.807) is 0 Å². The van der Waals surface area contributed by atoms with Crippen molar-refractivity contribution in [3.8, 4) is 5.75 Å².